The molecule has 0 aliphatic carbocycles. The highest BCUT2D eigenvalue weighted by molar-refractivity contribution is 7.99. The number of hydrogen-bond acceptors (Lipinski definition) is 4. The zero-order chi connectivity index (χ0) is 20.8. The van der Waals surface area contributed by atoms with Crippen LogP contribution in [-0.2, 0) is 0 Å². The summed E-state index contributed by atoms with van der Waals surface area (Å²) < 4.78 is 9.35. The predicted molar refractivity (Wildman–Crippen MR) is 136 cm³/mol. The van der Waals surface area contributed by atoms with Gasteiger partial charge in [-0.25, -0.2) is 0 Å². The summed E-state index contributed by atoms with van der Waals surface area (Å²) in [7, 11) is 0. The molecule has 3 heterocycles. The van der Waals surface area contributed by atoms with Crippen LogP contribution in [0.25, 0.3) is 42.1 Å². The van der Waals surface area contributed by atoms with E-state index in [2.05, 4.69) is 90.2 Å². The molecule has 0 amide bonds. The first-order chi connectivity index (χ1) is 15.8. The Morgan fingerprint density at radius 1 is 0.625 bits per heavy atom. The van der Waals surface area contributed by atoms with Gasteiger partial charge in [0.15, 0.2) is 5.75 Å². The maximum absolute atomic E-state index is 6.71. The van der Waals surface area contributed by atoms with E-state index in [4.69, 9.17) is 4.74 Å². The normalized spacial score (nSPS) is 13.4. The number of anilines is 2. The highest BCUT2D eigenvalue weighted by Gasteiger charge is 2.28. The third-order valence-corrected chi connectivity index (χ3v) is 8.75. The molecular weight excluding hydrogens is 430 g/mol. The number of para-hydroxylation sites is 2. The molecule has 32 heavy (non-hydrogen) atoms. The summed E-state index contributed by atoms with van der Waals surface area (Å²) >= 11 is 3.66. The minimum Gasteiger partial charge on any atom is -0.452 e. The summed E-state index contributed by atoms with van der Waals surface area (Å²) in [6, 6.07) is 30.5. The molecule has 2 aliphatic rings. The smallest absolute Gasteiger partial charge is 0.164 e. The quantitative estimate of drug-likeness (QED) is 0.251. The van der Waals surface area contributed by atoms with Crippen LogP contribution in [0.5, 0.6) is 11.5 Å². The molecule has 0 saturated heterocycles. The average Bonchev–Trinajstić information content (AvgIpc) is 3.23. The predicted octanol–water partition coefficient (Wildman–Crippen LogP) is 9.19. The van der Waals surface area contributed by atoms with Crippen LogP contribution < -0.4 is 10.1 Å². The number of fused-ring (bicyclic) bond motifs is 6. The van der Waals surface area contributed by atoms with E-state index >= 15 is 0 Å². The van der Waals surface area contributed by atoms with E-state index in [9.17, 15) is 0 Å². The molecular formula is C28H15NOS2. The zero-order valence-electron chi connectivity index (χ0n) is 16.8. The topological polar surface area (TPSA) is 21.3 Å². The highest BCUT2D eigenvalue weighted by atomic mass is 32.2. The molecule has 4 heteroatoms. The van der Waals surface area contributed by atoms with Gasteiger partial charge in [0.05, 0.1) is 15.5 Å². The molecule has 1 N–H and O–H groups in total. The molecule has 0 atom stereocenters. The van der Waals surface area contributed by atoms with Gasteiger partial charge in [-0.1, -0.05) is 60.3 Å². The first-order valence-corrected chi connectivity index (χ1v) is 12.2. The zero-order valence-corrected chi connectivity index (χ0v) is 18.4. The van der Waals surface area contributed by atoms with Crippen molar-refractivity contribution in [2.75, 3.05) is 5.32 Å². The first kappa shape index (κ1) is 17.1. The molecule has 5 aromatic carbocycles. The van der Waals surface area contributed by atoms with Crippen molar-refractivity contribution < 1.29 is 4.74 Å². The number of thiophene rings is 1. The third kappa shape index (κ3) is 2.16. The Kier molecular flexibility index (Phi) is 3.25. The van der Waals surface area contributed by atoms with Crippen LogP contribution in [-0.4, -0.2) is 0 Å². The maximum atomic E-state index is 6.71. The Bertz CT molecular complexity index is 1770. The van der Waals surface area contributed by atoms with Gasteiger partial charge in [-0.05, 0) is 42.0 Å². The molecule has 2 nitrogen and oxygen atoms in total. The summed E-state index contributed by atoms with van der Waals surface area (Å²) in [5.74, 6) is 1.89. The van der Waals surface area contributed by atoms with E-state index in [1.165, 1.54) is 47.0 Å². The van der Waals surface area contributed by atoms with Crippen LogP contribution in [0.3, 0.4) is 0 Å². The SMILES string of the molecule is c1ccc2c(c1)Nc1cccc3c1Oc1c(ccc4c1c-2cc1c2ccccc2sc41)S3. The number of benzene rings is 5. The van der Waals surface area contributed by atoms with E-state index < -0.39 is 0 Å². The molecule has 8 rings (SSSR count). The van der Waals surface area contributed by atoms with Gasteiger partial charge in [-0.2, -0.15) is 0 Å². The van der Waals surface area contributed by atoms with E-state index in [1.807, 2.05) is 11.3 Å². The second-order valence-corrected chi connectivity index (χ2v) is 10.4. The summed E-state index contributed by atoms with van der Waals surface area (Å²) in [5.41, 5.74) is 4.51. The number of ether oxygens (including phenoxy) is 1. The van der Waals surface area contributed by atoms with Crippen LogP contribution in [0, 0.1) is 0 Å². The third-order valence-electron chi connectivity index (χ3n) is 6.45. The van der Waals surface area contributed by atoms with E-state index in [0.29, 0.717) is 0 Å². The molecule has 0 saturated carbocycles. The molecule has 1 aromatic heterocycles. The molecule has 0 unspecified atom stereocenters. The summed E-state index contributed by atoms with van der Waals surface area (Å²) in [5, 5.41) is 8.76. The minimum absolute atomic E-state index is 0.914. The van der Waals surface area contributed by atoms with Crippen molar-refractivity contribution in [3.05, 3.63) is 84.9 Å². The Labute approximate surface area is 192 Å². The van der Waals surface area contributed by atoms with Crippen molar-refractivity contribution in [2.24, 2.45) is 0 Å². The largest absolute Gasteiger partial charge is 0.452 e. The molecule has 2 aliphatic heterocycles. The highest BCUT2D eigenvalue weighted by Crippen LogP contribution is 2.57. The van der Waals surface area contributed by atoms with E-state index in [-0.39, 0.29) is 0 Å². The number of nitrogens with one attached hydrogen (secondary N) is 1. The van der Waals surface area contributed by atoms with Gasteiger partial charge in [0, 0.05) is 42.2 Å². The van der Waals surface area contributed by atoms with Crippen LogP contribution in [0.1, 0.15) is 0 Å². The second kappa shape index (κ2) is 6.06. The Morgan fingerprint density at radius 3 is 2.47 bits per heavy atom. The number of rotatable bonds is 0. The lowest BCUT2D eigenvalue weighted by Crippen LogP contribution is -1.99. The Morgan fingerprint density at radius 2 is 1.47 bits per heavy atom. The lowest BCUT2D eigenvalue weighted by molar-refractivity contribution is 0.463. The van der Waals surface area contributed by atoms with Gasteiger partial charge < -0.3 is 10.1 Å². The molecule has 150 valence electrons. The van der Waals surface area contributed by atoms with E-state index in [1.54, 1.807) is 11.8 Å². The van der Waals surface area contributed by atoms with Crippen molar-refractivity contribution in [3.8, 4) is 22.6 Å². The van der Waals surface area contributed by atoms with Crippen LogP contribution >= 0.6 is 23.1 Å². The molecule has 2 bridgehead atoms. The first-order valence-electron chi connectivity index (χ1n) is 10.6. The van der Waals surface area contributed by atoms with Crippen LogP contribution in [0.4, 0.5) is 11.4 Å². The second-order valence-electron chi connectivity index (χ2n) is 8.22. The average molecular weight is 446 g/mol. The van der Waals surface area contributed by atoms with Crippen molar-refractivity contribution >= 4 is 65.4 Å². The van der Waals surface area contributed by atoms with Gasteiger partial charge >= 0.3 is 0 Å². The Balaban J connectivity index is 1.63. The fraction of sp³-hybridized carbons (Fsp3) is 0. The summed E-state index contributed by atoms with van der Waals surface area (Å²) in [6.07, 6.45) is 0. The van der Waals surface area contributed by atoms with Crippen LogP contribution in [0.15, 0.2) is 94.7 Å². The lowest BCUT2D eigenvalue weighted by Gasteiger charge is -2.23. The van der Waals surface area contributed by atoms with E-state index in [0.717, 1.165) is 27.8 Å². The summed E-state index contributed by atoms with van der Waals surface area (Å²) in [6.45, 7) is 0. The van der Waals surface area contributed by atoms with Crippen molar-refractivity contribution in [1.82, 2.24) is 0 Å². The van der Waals surface area contributed by atoms with Crippen molar-refractivity contribution in [2.45, 2.75) is 9.79 Å². The number of hydrogen-bond donors (Lipinski definition) is 1. The molecule has 6 aromatic rings. The maximum Gasteiger partial charge on any atom is 0.164 e. The lowest BCUT2D eigenvalue weighted by atomic mass is 9.94. The minimum atomic E-state index is 0.914. The van der Waals surface area contributed by atoms with Gasteiger partial charge in [0.1, 0.15) is 5.75 Å². The van der Waals surface area contributed by atoms with Crippen molar-refractivity contribution in [3.63, 3.8) is 0 Å². The van der Waals surface area contributed by atoms with Gasteiger partial charge in [-0.3, -0.25) is 0 Å². The molecule has 0 radical (unpaired) electrons. The fourth-order valence-electron chi connectivity index (χ4n) is 5.03. The molecule has 0 fully saturated rings. The van der Waals surface area contributed by atoms with Gasteiger partial charge in [-0.15, -0.1) is 11.3 Å². The Hall–Kier alpha value is -3.47. The fourth-order valence-corrected chi connectivity index (χ4v) is 7.25. The van der Waals surface area contributed by atoms with Gasteiger partial charge in [0.2, 0.25) is 0 Å². The molecule has 0 spiro atoms. The summed E-state index contributed by atoms with van der Waals surface area (Å²) in [4.78, 5) is 2.31. The van der Waals surface area contributed by atoms with Crippen molar-refractivity contribution in [1.29, 1.82) is 0 Å². The van der Waals surface area contributed by atoms with Gasteiger partial charge in [0.25, 0.3) is 0 Å². The van der Waals surface area contributed by atoms with Crippen LogP contribution in [0.2, 0.25) is 0 Å². The standard InChI is InChI=1S/C28H15NOS2/c1-3-8-20-15(6-1)18-14-19-16-7-2-4-10-22(16)32-28(19)17-12-13-24-27(25(17)18)30-26-21(29-20)9-5-11-23(26)31-24/h1-14,29H. The monoisotopic (exact) mass is 445 g/mol.